The van der Waals surface area contributed by atoms with Crippen LogP contribution in [0.15, 0.2) is 48.9 Å². The third-order valence-corrected chi connectivity index (χ3v) is 5.71. The molecule has 0 aliphatic carbocycles. The van der Waals surface area contributed by atoms with Crippen molar-refractivity contribution in [2.24, 2.45) is 5.92 Å². The average Bonchev–Trinajstić information content (AvgIpc) is 2.78. The van der Waals surface area contributed by atoms with Crippen molar-refractivity contribution in [1.29, 1.82) is 0 Å². The Bertz CT molecular complexity index is 988. The molecule has 3 aromatic rings. The van der Waals surface area contributed by atoms with Gasteiger partial charge in [-0.1, -0.05) is 31.2 Å². The smallest absolute Gasteiger partial charge is 0.225 e. The minimum absolute atomic E-state index is 0.00129. The molecule has 1 N–H and O–H groups in total. The predicted molar refractivity (Wildman–Crippen MR) is 115 cm³/mol. The summed E-state index contributed by atoms with van der Waals surface area (Å²) in [5.74, 6) is 0.0916. The van der Waals surface area contributed by atoms with E-state index in [0.29, 0.717) is 12.2 Å². The molecule has 0 radical (unpaired) electrons. The Morgan fingerprint density at radius 1 is 1.21 bits per heavy atom. The molecule has 0 saturated carbocycles. The zero-order chi connectivity index (χ0) is 20.2. The number of amides is 1. The molecule has 0 unspecified atom stereocenters. The summed E-state index contributed by atoms with van der Waals surface area (Å²) >= 11 is 0. The third-order valence-electron chi connectivity index (χ3n) is 5.71. The van der Waals surface area contributed by atoms with Gasteiger partial charge in [0.05, 0.1) is 23.8 Å². The van der Waals surface area contributed by atoms with Gasteiger partial charge in [0, 0.05) is 25.5 Å². The molecular formula is C23H27N5O. The van der Waals surface area contributed by atoms with Crippen LogP contribution in [0.4, 0.5) is 5.69 Å². The van der Waals surface area contributed by atoms with Gasteiger partial charge in [-0.05, 0) is 43.4 Å². The van der Waals surface area contributed by atoms with Crippen molar-refractivity contribution in [3.8, 4) is 0 Å². The summed E-state index contributed by atoms with van der Waals surface area (Å²) in [5, 5.41) is 3.20. The van der Waals surface area contributed by atoms with E-state index >= 15 is 0 Å². The van der Waals surface area contributed by atoms with Gasteiger partial charge < -0.3 is 10.2 Å². The van der Waals surface area contributed by atoms with Crippen LogP contribution in [-0.2, 0) is 11.2 Å². The molecule has 1 saturated heterocycles. The van der Waals surface area contributed by atoms with Crippen molar-refractivity contribution >= 4 is 22.8 Å². The highest BCUT2D eigenvalue weighted by atomic mass is 16.2. The number of carbonyl (C=O) groups is 1. The number of hydrogen-bond donors (Lipinski definition) is 1. The summed E-state index contributed by atoms with van der Waals surface area (Å²) in [6.45, 7) is 5.81. The molecule has 3 heterocycles. The maximum absolute atomic E-state index is 12.9. The van der Waals surface area contributed by atoms with Gasteiger partial charge in [-0.3, -0.25) is 9.78 Å². The largest absolute Gasteiger partial charge is 0.369 e. The van der Waals surface area contributed by atoms with E-state index in [1.54, 1.807) is 12.4 Å². The molecule has 6 nitrogen and oxygen atoms in total. The van der Waals surface area contributed by atoms with Crippen LogP contribution in [0.3, 0.4) is 0 Å². The van der Waals surface area contributed by atoms with Gasteiger partial charge in [0.1, 0.15) is 5.52 Å². The van der Waals surface area contributed by atoms with Crippen LogP contribution in [0.25, 0.3) is 11.2 Å². The van der Waals surface area contributed by atoms with Crippen LogP contribution in [0.5, 0.6) is 0 Å². The highest BCUT2D eigenvalue weighted by Gasteiger charge is 2.27. The first-order valence-corrected chi connectivity index (χ1v) is 10.3. The van der Waals surface area contributed by atoms with Crippen LogP contribution in [0.2, 0.25) is 0 Å². The number of pyridine rings is 1. The quantitative estimate of drug-likeness (QED) is 0.721. The van der Waals surface area contributed by atoms with Crippen molar-refractivity contribution in [2.75, 3.05) is 18.0 Å². The SMILES string of the molecule is CCc1ccc([C@@H](C)NC(=O)[C@H]2CCCN(c3cnc4nccnc4c3)C2)cc1. The predicted octanol–water partition coefficient (Wildman–Crippen LogP) is 3.68. The number of rotatable bonds is 5. The molecule has 1 amide bonds. The molecule has 2 aromatic heterocycles. The number of piperidine rings is 1. The molecule has 0 spiro atoms. The molecule has 1 aliphatic heterocycles. The fourth-order valence-electron chi connectivity index (χ4n) is 3.90. The van der Waals surface area contributed by atoms with Crippen molar-refractivity contribution in [2.45, 2.75) is 39.2 Å². The molecule has 1 fully saturated rings. The Balaban J connectivity index is 1.42. The van der Waals surface area contributed by atoms with E-state index < -0.39 is 0 Å². The molecule has 29 heavy (non-hydrogen) atoms. The van der Waals surface area contributed by atoms with Gasteiger partial charge in [-0.15, -0.1) is 0 Å². The Morgan fingerprint density at radius 3 is 2.79 bits per heavy atom. The van der Waals surface area contributed by atoms with Crippen LogP contribution < -0.4 is 10.2 Å². The lowest BCUT2D eigenvalue weighted by atomic mass is 9.96. The first-order valence-electron chi connectivity index (χ1n) is 10.3. The second kappa shape index (κ2) is 8.55. The highest BCUT2D eigenvalue weighted by molar-refractivity contribution is 5.80. The lowest BCUT2D eigenvalue weighted by molar-refractivity contribution is -0.125. The monoisotopic (exact) mass is 389 g/mol. The van der Waals surface area contributed by atoms with Gasteiger partial charge >= 0.3 is 0 Å². The fraction of sp³-hybridized carbons (Fsp3) is 0.391. The molecule has 1 aliphatic rings. The van der Waals surface area contributed by atoms with E-state index in [9.17, 15) is 4.79 Å². The first kappa shape index (κ1) is 19.3. The van der Waals surface area contributed by atoms with Crippen LogP contribution >= 0.6 is 0 Å². The first-order chi connectivity index (χ1) is 14.1. The van der Waals surface area contributed by atoms with Crippen molar-refractivity contribution in [1.82, 2.24) is 20.3 Å². The minimum Gasteiger partial charge on any atom is -0.369 e. The molecule has 4 rings (SSSR count). The summed E-state index contributed by atoms with van der Waals surface area (Å²) in [6.07, 6.45) is 8.06. The van der Waals surface area contributed by atoms with Gasteiger partial charge in [0.2, 0.25) is 5.91 Å². The number of nitrogens with one attached hydrogen (secondary N) is 1. The molecule has 2 atom stereocenters. The number of anilines is 1. The molecule has 1 aromatic carbocycles. The summed E-state index contributed by atoms with van der Waals surface area (Å²) in [6, 6.07) is 10.5. The Hall–Kier alpha value is -3.02. The maximum atomic E-state index is 12.9. The Kier molecular flexibility index (Phi) is 5.69. The molecule has 150 valence electrons. The van der Waals surface area contributed by atoms with Gasteiger partial charge in [-0.25, -0.2) is 9.97 Å². The normalized spacial score (nSPS) is 17.9. The number of carbonyl (C=O) groups excluding carboxylic acids is 1. The molecular weight excluding hydrogens is 362 g/mol. The van der Waals surface area contributed by atoms with E-state index in [1.165, 1.54) is 5.56 Å². The van der Waals surface area contributed by atoms with Crippen LogP contribution in [0.1, 0.15) is 43.9 Å². The summed E-state index contributed by atoms with van der Waals surface area (Å²) in [7, 11) is 0. The van der Waals surface area contributed by atoms with Crippen molar-refractivity contribution in [3.63, 3.8) is 0 Å². The maximum Gasteiger partial charge on any atom is 0.225 e. The number of benzene rings is 1. The lowest BCUT2D eigenvalue weighted by Gasteiger charge is -2.34. The van der Waals surface area contributed by atoms with Crippen molar-refractivity contribution in [3.05, 3.63) is 60.0 Å². The second-order valence-electron chi connectivity index (χ2n) is 7.70. The summed E-state index contributed by atoms with van der Waals surface area (Å²) in [4.78, 5) is 28.1. The zero-order valence-corrected chi connectivity index (χ0v) is 17.0. The van der Waals surface area contributed by atoms with E-state index in [4.69, 9.17) is 0 Å². The van der Waals surface area contributed by atoms with Gasteiger partial charge in [-0.2, -0.15) is 0 Å². The summed E-state index contributed by atoms with van der Waals surface area (Å²) < 4.78 is 0. The van der Waals surface area contributed by atoms with Gasteiger partial charge in [0.25, 0.3) is 0 Å². The lowest BCUT2D eigenvalue weighted by Crippen LogP contribution is -2.43. The van der Waals surface area contributed by atoms with E-state index in [0.717, 1.165) is 42.6 Å². The number of hydrogen-bond acceptors (Lipinski definition) is 5. The fourth-order valence-corrected chi connectivity index (χ4v) is 3.90. The van der Waals surface area contributed by atoms with Crippen LogP contribution in [0, 0.1) is 5.92 Å². The van der Waals surface area contributed by atoms with Gasteiger partial charge in [0.15, 0.2) is 5.65 Å². The standard InChI is InChI=1S/C23H27N5O/c1-3-17-6-8-18(9-7-17)16(2)27-23(29)19-5-4-12-28(15-19)20-13-21-22(26-14-20)25-11-10-24-21/h6-11,13-14,16,19H,3-5,12,15H2,1-2H3,(H,27,29)/t16-,19+/m1/s1. The van der Waals surface area contributed by atoms with E-state index in [2.05, 4.69) is 56.4 Å². The Labute approximate surface area is 171 Å². The number of aryl methyl sites for hydroxylation is 1. The summed E-state index contributed by atoms with van der Waals surface area (Å²) in [5.41, 5.74) is 4.87. The Morgan fingerprint density at radius 2 is 2.00 bits per heavy atom. The molecule has 6 heteroatoms. The van der Waals surface area contributed by atoms with E-state index in [-0.39, 0.29) is 17.9 Å². The topological polar surface area (TPSA) is 71.0 Å². The van der Waals surface area contributed by atoms with Crippen LogP contribution in [-0.4, -0.2) is 33.9 Å². The van der Waals surface area contributed by atoms with E-state index in [1.807, 2.05) is 19.2 Å². The molecule has 0 bridgehead atoms. The second-order valence-corrected chi connectivity index (χ2v) is 7.70. The minimum atomic E-state index is -0.0290. The zero-order valence-electron chi connectivity index (χ0n) is 17.0. The number of nitrogens with zero attached hydrogens (tertiary/aromatic N) is 4. The number of aromatic nitrogens is 3. The number of fused-ring (bicyclic) bond motifs is 1. The highest BCUT2D eigenvalue weighted by Crippen LogP contribution is 2.25. The van der Waals surface area contributed by atoms with Crippen molar-refractivity contribution < 1.29 is 4.79 Å². The third kappa shape index (κ3) is 4.36. The average molecular weight is 390 g/mol.